The van der Waals surface area contributed by atoms with Crippen molar-refractivity contribution in [1.82, 2.24) is 10.2 Å². The zero-order chi connectivity index (χ0) is 28.7. The Hall–Kier alpha value is -3.52. The van der Waals surface area contributed by atoms with E-state index >= 15 is 0 Å². The van der Waals surface area contributed by atoms with Crippen LogP contribution in [0.25, 0.3) is 10.8 Å². The van der Waals surface area contributed by atoms with E-state index in [9.17, 15) is 14.4 Å². The number of fused-ring (bicyclic) bond motifs is 1. The predicted octanol–water partition coefficient (Wildman–Crippen LogP) is 6.20. The predicted molar refractivity (Wildman–Crippen MR) is 160 cm³/mol. The van der Waals surface area contributed by atoms with Crippen LogP contribution in [-0.4, -0.2) is 46.7 Å². The first-order chi connectivity index (χ1) is 18.4. The van der Waals surface area contributed by atoms with Crippen molar-refractivity contribution in [2.45, 2.75) is 65.6 Å². The Bertz CT molecular complexity index is 1330. The van der Waals surface area contributed by atoms with Crippen LogP contribution in [0.15, 0.2) is 60.7 Å². The number of hydrogen-bond donors (Lipinski definition) is 3. The average molecular weight is 550 g/mol. The topological polar surface area (TPSA) is 87.7 Å². The molecule has 0 aliphatic heterocycles. The summed E-state index contributed by atoms with van der Waals surface area (Å²) in [6.45, 7) is 11.4. The third kappa shape index (κ3) is 7.76. The first kappa shape index (κ1) is 30.0. The molecule has 0 saturated heterocycles. The second-order valence-corrected chi connectivity index (χ2v) is 11.0. The lowest BCUT2D eigenvalue weighted by Gasteiger charge is -2.35. The molecule has 3 amide bonds. The normalized spacial score (nSPS) is 12.9. The molecular formula is C31H39N3O4S. The van der Waals surface area contributed by atoms with Crippen LogP contribution in [0.2, 0.25) is 0 Å². The lowest BCUT2D eigenvalue weighted by molar-refractivity contribution is -0.140. The van der Waals surface area contributed by atoms with Crippen LogP contribution >= 0.6 is 12.6 Å². The highest BCUT2D eigenvalue weighted by molar-refractivity contribution is 7.80. The molecule has 39 heavy (non-hydrogen) atoms. The molecule has 8 heteroatoms. The van der Waals surface area contributed by atoms with Crippen molar-refractivity contribution in [1.29, 1.82) is 0 Å². The van der Waals surface area contributed by atoms with E-state index in [1.165, 1.54) is 4.90 Å². The van der Waals surface area contributed by atoms with Gasteiger partial charge in [-0.25, -0.2) is 4.79 Å². The molecule has 3 aromatic carbocycles. The van der Waals surface area contributed by atoms with Gasteiger partial charge < -0.3 is 20.3 Å². The van der Waals surface area contributed by atoms with Crippen molar-refractivity contribution in [2.24, 2.45) is 0 Å². The van der Waals surface area contributed by atoms with Gasteiger partial charge in [0.25, 0.3) is 5.91 Å². The van der Waals surface area contributed by atoms with Gasteiger partial charge in [-0.2, -0.15) is 12.6 Å². The molecule has 0 spiro atoms. The Labute approximate surface area is 236 Å². The van der Waals surface area contributed by atoms with Crippen LogP contribution in [0, 0.1) is 13.8 Å². The molecule has 208 valence electrons. The number of carbonyl (C=O) groups excluding carboxylic acids is 3. The maximum atomic E-state index is 14.0. The molecule has 3 aromatic rings. The molecule has 3 rings (SSSR count). The summed E-state index contributed by atoms with van der Waals surface area (Å²) in [7, 11) is 0. The minimum absolute atomic E-state index is 0.0457. The zero-order valence-corrected chi connectivity index (χ0v) is 24.5. The summed E-state index contributed by atoms with van der Waals surface area (Å²) in [6, 6.07) is 17.5. The summed E-state index contributed by atoms with van der Waals surface area (Å²) in [5, 5.41) is 7.74. The molecule has 0 aliphatic carbocycles. The van der Waals surface area contributed by atoms with Gasteiger partial charge in [0.05, 0.1) is 0 Å². The SMILES string of the molecule is CCCN(C(=O)C(CS)NC(=O)OC(C)(C)C)C(C(=O)Nc1ccc2ccccc2c1)c1cccc(C)c1C. The molecule has 2 unspecified atom stereocenters. The summed E-state index contributed by atoms with van der Waals surface area (Å²) in [6.07, 6.45) is -0.0996. The third-order valence-corrected chi connectivity index (χ3v) is 6.80. The van der Waals surface area contributed by atoms with Crippen molar-refractivity contribution >= 4 is 47.0 Å². The highest BCUT2D eigenvalue weighted by Gasteiger charge is 2.36. The zero-order valence-electron chi connectivity index (χ0n) is 23.6. The Balaban J connectivity index is 2.01. The number of amides is 3. The van der Waals surface area contributed by atoms with Gasteiger partial charge >= 0.3 is 6.09 Å². The number of thiol groups is 1. The monoisotopic (exact) mass is 549 g/mol. The molecule has 0 aliphatic rings. The lowest BCUT2D eigenvalue weighted by Crippen LogP contribution is -2.53. The largest absolute Gasteiger partial charge is 0.444 e. The van der Waals surface area contributed by atoms with Gasteiger partial charge in [0, 0.05) is 18.0 Å². The number of anilines is 1. The minimum atomic E-state index is -0.976. The van der Waals surface area contributed by atoms with Crippen molar-refractivity contribution in [2.75, 3.05) is 17.6 Å². The third-order valence-electron chi connectivity index (χ3n) is 6.44. The molecule has 2 atom stereocenters. The van der Waals surface area contributed by atoms with Crippen molar-refractivity contribution in [3.05, 3.63) is 77.4 Å². The number of aryl methyl sites for hydroxylation is 1. The van der Waals surface area contributed by atoms with E-state index in [1.807, 2.05) is 81.4 Å². The average Bonchev–Trinajstić information content (AvgIpc) is 2.87. The molecule has 0 radical (unpaired) electrons. The van der Waals surface area contributed by atoms with Crippen LogP contribution in [0.1, 0.15) is 56.8 Å². The Morgan fingerprint density at radius 3 is 2.31 bits per heavy atom. The number of hydrogen-bond acceptors (Lipinski definition) is 5. The molecule has 0 heterocycles. The fraction of sp³-hybridized carbons (Fsp3) is 0.387. The van der Waals surface area contributed by atoms with Gasteiger partial charge in [-0.1, -0.05) is 55.5 Å². The maximum Gasteiger partial charge on any atom is 0.408 e. The molecule has 0 fully saturated rings. The number of benzene rings is 3. The lowest BCUT2D eigenvalue weighted by atomic mass is 9.95. The van der Waals surface area contributed by atoms with Crippen LogP contribution in [0.4, 0.5) is 10.5 Å². The molecule has 2 N–H and O–H groups in total. The van der Waals surface area contributed by atoms with Crippen molar-refractivity contribution in [3.8, 4) is 0 Å². The van der Waals surface area contributed by atoms with E-state index in [4.69, 9.17) is 4.74 Å². The Kier molecular flexibility index (Phi) is 10.0. The molecular weight excluding hydrogens is 510 g/mol. The maximum absolute atomic E-state index is 14.0. The Morgan fingerprint density at radius 2 is 1.67 bits per heavy atom. The molecule has 0 aromatic heterocycles. The summed E-state index contributed by atoms with van der Waals surface area (Å²) >= 11 is 4.34. The fourth-order valence-electron chi connectivity index (χ4n) is 4.44. The number of ether oxygens (including phenoxy) is 1. The number of alkyl carbamates (subject to hydrolysis) is 1. The molecule has 0 bridgehead atoms. The van der Waals surface area contributed by atoms with Gasteiger partial charge in [0.15, 0.2) is 0 Å². The number of nitrogens with zero attached hydrogens (tertiary/aromatic N) is 1. The number of rotatable bonds is 9. The number of nitrogens with one attached hydrogen (secondary N) is 2. The number of carbonyl (C=O) groups is 3. The van der Waals surface area contributed by atoms with Crippen molar-refractivity contribution in [3.63, 3.8) is 0 Å². The van der Waals surface area contributed by atoms with E-state index in [-0.39, 0.29) is 11.7 Å². The van der Waals surface area contributed by atoms with E-state index < -0.39 is 29.7 Å². The van der Waals surface area contributed by atoms with Gasteiger partial charge in [0.2, 0.25) is 5.91 Å². The summed E-state index contributed by atoms with van der Waals surface area (Å²) in [4.78, 5) is 42.0. The molecule has 7 nitrogen and oxygen atoms in total. The second-order valence-electron chi connectivity index (χ2n) is 10.7. The van der Waals surface area contributed by atoms with Gasteiger partial charge in [-0.15, -0.1) is 0 Å². The second kappa shape index (κ2) is 13.0. The standard InChI is InChI=1S/C31H39N3O4S/c1-7-17-34(29(36)26(19-39)33-30(37)38-31(4,5)6)27(25-14-10-11-20(2)21(25)3)28(35)32-24-16-15-22-12-8-9-13-23(22)18-24/h8-16,18,26-27,39H,7,17,19H2,1-6H3,(H,32,35)(H,33,37). The van der Waals surface area contributed by atoms with Crippen LogP contribution in [0.5, 0.6) is 0 Å². The summed E-state index contributed by atoms with van der Waals surface area (Å²) in [5.74, 6) is -0.697. The Morgan fingerprint density at radius 1 is 0.974 bits per heavy atom. The van der Waals surface area contributed by atoms with Crippen LogP contribution in [0.3, 0.4) is 0 Å². The van der Waals surface area contributed by atoms with E-state index in [2.05, 4.69) is 23.3 Å². The minimum Gasteiger partial charge on any atom is -0.444 e. The van der Waals surface area contributed by atoms with Crippen molar-refractivity contribution < 1.29 is 19.1 Å². The fourth-order valence-corrected chi connectivity index (χ4v) is 4.69. The van der Waals surface area contributed by atoms with Crippen LogP contribution in [-0.2, 0) is 14.3 Å². The van der Waals surface area contributed by atoms with E-state index in [0.717, 1.165) is 27.5 Å². The smallest absolute Gasteiger partial charge is 0.408 e. The quantitative estimate of drug-likeness (QED) is 0.278. The first-order valence-electron chi connectivity index (χ1n) is 13.2. The highest BCUT2D eigenvalue weighted by atomic mass is 32.1. The van der Waals surface area contributed by atoms with E-state index in [1.54, 1.807) is 20.8 Å². The van der Waals surface area contributed by atoms with E-state index in [0.29, 0.717) is 18.7 Å². The summed E-state index contributed by atoms with van der Waals surface area (Å²) in [5.41, 5.74) is 2.57. The van der Waals surface area contributed by atoms with Gasteiger partial charge in [-0.3, -0.25) is 9.59 Å². The first-order valence-corrected chi connectivity index (χ1v) is 13.8. The van der Waals surface area contributed by atoms with Gasteiger partial charge in [-0.05, 0) is 80.6 Å². The highest BCUT2D eigenvalue weighted by Crippen LogP contribution is 2.29. The van der Waals surface area contributed by atoms with Crippen LogP contribution < -0.4 is 10.6 Å². The van der Waals surface area contributed by atoms with Gasteiger partial charge in [0.1, 0.15) is 17.7 Å². The summed E-state index contributed by atoms with van der Waals surface area (Å²) < 4.78 is 5.37. The molecule has 0 saturated carbocycles.